The minimum absolute atomic E-state index is 0.0799. The lowest BCUT2D eigenvalue weighted by Crippen LogP contribution is -2.48. The van der Waals surface area contributed by atoms with Crippen molar-refractivity contribution in [2.24, 2.45) is 0 Å². The van der Waals surface area contributed by atoms with E-state index >= 15 is 0 Å². The number of hydrogen-bond acceptors (Lipinski definition) is 4. The van der Waals surface area contributed by atoms with Gasteiger partial charge in [-0.2, -0.15) is 0 Å². The largest absolute Gasteiger partial charge is 0.300 e. The molecule has 22 heavy (non-hydrogen) atoms. The van der Waals surface area contributed by atoms with E-state index in [0.717, 1.165) is 32.2 Å². The Morgan fingerprint density at radius 2 is 1.77 bits per heavy atom. The standard InChI is InChI=1S/C15H20Cl2N2O2S/c16-12-1-4-14(17)15(11-12)22(20,21)10-9-18-5-7-19(8-6-18)13-2-3-13/h1,4,11,13H,2-3,5-10H2. The maximum Gasteiger partial charge on any atom is 0.181 e. The van der Waals surface area contributed by atoms with E-state index < -0.39 is 9.84 Å². The van der Waals surface area contributed by atoms with E-state index in [9.17, 15) is 8.42 Å². The zero-order chi connectivity index (χ0) is 15.7. The molecule has 0 N–H and O–H groups in total. The van der Waals surface area contributed by atoms with Crippen LogP contribution in [-0.2, 0) is 9.84 Å². The van der Waals surface area contributed by atoms with Crippen LogP contribution >= 0.6 is 23.2 Å². The monoisotopic (exact) mass is 362 g/mol. The number of sulfone groups is 1. The number of benzene rings is 1. The molecule has 3 rings (SSSR count). The topological polar surface area (TPSA) is 40.6 Å². The second kappa shape index (κ2) is 6.65. The summed E-state index contributed by atoms with van der Waals surface area (Å²) in [7, 11) is -3.40. The molecule has 1 saturated heterocycles. The summed E-state index contributed by atoms with van der Waals surface area (Å²) in [6, 6.07) is 5.35. The fourth-order valence-corrected chi connectivity index (χ4v) is 4.96. The van der Waals surface area contributed by atoms with E-state index in [1.807, 2.05) is 0 Å². The highest BCUT2D eigenvalue weighted by Crippen LogP contribution is 2.28. The van der Waals surface area contributed by atoms with Gasteiger partial charge in [-0.15, -0.1) is 0 Å². The third-order valence-electron chi connectivity index (χ3n) is 4.37. The van der Waals surface area contributed by atoms with E-state index in [-0.39, 0.29) is 15.7 Å². The molecule has 0 amide bonds. The second-order valence-electron chi connectivity index (χ2n) is 6.00. The first-order valence-corrected chi connectivity index (χ1v) is 10.0. The minimum atomic E-state index is -3.40. The second-order valence-corrected chi connectivity index (χ2v) is 8.92. The highest BCUT2D eigenvalue weighted by Gasteiger charge is 2.31. The molecule has 0 spiro atoms. The average Bonchev–Trinajstić information content (AvgIpc) is 3.33. The Labute approximate surface area is 141 Å². The van der Waals surface area contributed by atoms with Gasteiger partial charge < -0.3 is 0 Å². The molecule has 2 aliphatic rings. The number of rotatable bonds is 5. The van der Waals surface area contributed by atoms with Gasteiger partial charge in [0.2, 0.25) is 0 Å². The van der Waals surface area contributed by atoms with Gasteiger partial charge in [-0.3, -0.25) is 9.80 Å². The van der Waals surface area contributed by atoms with Crippen molar-refractivity contribution in [2.45, 2.75) is 23.8 Å². The van der Waals surface area contributed by atoms with Crippen LogP contribution in [0.2, 0.25) is 10.0 Å². The van der Waals surface area contributed by atoms with E-state index in [1.54, 1.807) is 6.07 Å². The molecule has 0 bridgehead atoms. The molecular weight excluding hydrogens is 343 g/mol. The van der Waals surface area contributed by atoms with Crippen molar-refractivity contribution < 1.29 is 8.42 Å². The Morgan fingerprint density at radius 1 is 1.09 bits per heavy atom. The predicted octanol–water partition coefficient (Wildman–Crippen LogP) is 2.55. The third-order valence-corrected chi connectivity index (χ3v) is 6.78. The van der Waals surface area contributed by atoms with Crippen molar-refractivity contribution in [3.8, 4) is 0 Å². The van der Waals surface area contributed by atoms with Crippen LogP contribution in [0.25, 0.3) is 0 Å². The zero-order valence-electron chi connectivity index (χ0n) is 12.3. The first-order chi connectivity index (χ1) is 10.5. The molecule has 1 aromatic rings. The highest BCUT2D eigenvalue weighted by atomic mass is 35.5. The molecule has 1 saturated carbocycles. The first-order valence-electron chi connectivity index (χ1n) is 7.60. The molecule has 0 aromatic heterocycles. The summed E-state index contributed by atoms with van der Waals surface area (Å²) in [4.78, 5) is 4.87. The summed E-state index contributed by atoms with van der Waals surface area (Å²) in [6.07, 6.45) is 2.64. The Kier molecular flexibility index (Phi) is 5.00. The molecular formula is C15H20Cl2N2O2S. The van der Waals surface area contributed by atoms with Crippen LogP contribution in [-0.4, -0.2) is 62.7 Å². The molecule has 1 aliphatic carbocycles. The Bertz CT molecular complexity index is 639. The minimum Gasteiger partial charge on any atom is -0.300 e. The van der Waals surface area contributed by atoms with Gasteiger partial charge in [0.1, 0.15) is 0 Å². The smallest absolute Gasteiger partial charge is 0.181 e. The van der Waals surface area contributed by atoms with Crippen LogP contribution in [0.3, 0.4) is 0 Å². The van der Waals surface area contributed by atoms with Gasteiger partial charge in [-0.05, 0) is 31.0 Å². The summed E-state index contributed by atoms with van der Waals surface area (Å²) in [6.45, 7) is 4.51. The van der Waals surface area contributed by atoms with E-state index in [2.05, 4.69) is 9.80 Å². The number of nitrogens with zero attached hydrogens (tertiary/aromatic N) is 2. The van der Waals surface area contributed by atoms with Gasteiger partial charge in [-0.1, -0.05) is 23.2 Å². The van der Waals surface area contributed by atoms with Crippen LogP contribution < -0.4 is 0 Å². The molecule has 1 heterocycles. The fourth-order valence-electron chi connectivity index (χ4n) is 2.87. The maximum absolute atomic E-state index is 12.5. The average molecular weight is 363 g/mol. The fraction of sp³-hybridized carbons (Fsp3) is 0.600. The third kappa shape index (κ3) is 3.95. The van der Waals surface area contributed by atoms with Crippen molar-refractivity contribution in [3.63, 3.8) is 0 Å². The molecule has 7 heteroatoms. The van der Waals surface area contributed by atoms with Crippen LogP contribution in [0.15, 0.2) is 23.1 Å². The van der Waals surface area contributed by atoms with Crippen molar-refractivity contribution in [2.75, 3.05) is 38.5 Å². The molecule has 0 unspecified atom stereocenters. The molecule has 2 fully saturated rings. The number of halogens is 2. The van der Waals surface area contributed by atoms with Crippen LogP contribution in [0.4, 0.5) is 0 Å². The predicted molar refractivity (Wildman–Crippen MR) is 89.5 cm³/mol. The Morgan fingerprint density at radius 3 is 2.41 bits per heavy atom. The summed E-state index contributed by atoms with van der Waals surface area (Å²) >= 11 is 11.9. The molecule has 1 aliphatic heterocycles. The van der Waals surface area contributed by atoms with Gasteiger partial charge in [0, 0.05) is 43.8 Å². The number of piperazine rings is 1. The molecule has 1 aromatic carbocycles. The van der Waals surface area contributed by atoms with Gasteiger partial charge in [0.05, 0.1) is 15.7 Å². The van der Waals surface area contributed by atoms with Gasteiger partial charge in [0.15, 0.2) is 9.84 Å². The summed E-state index contributed by atoms with van der Waals surface area (Å²) < 4.78 is 24.9. The summed E-state index contributed by atoms with van der Waals surface area (Å²) in [5, 5.41) is 0.629. The summed E-state index contributed by atoms with van der Waals surface area (Å²) in [5.74, 6) is 0.0799. The molecule has 0 radical (unpaired) electrons. The van der Waals surface area contributed by atoms with Crippen molar-refractivity contribution >= 4 is 33.0 Å². The van der Waals surface area contributed by atoms with Gasteiger partial charge in [0.25, 0.3) is 0 Å². The van der Waals surface area contributed by atoms with Gasteiger partial charge >= 0.3 is 0 Å². The van der Waals surface area contributed by atoms with E-state index in [0.29, 0.717) is 11.6 Å². The highest BCUT2D eigenvalue weighted by molar-refractivity contribution is 7.91. The van der Waals surface area contributed by atoms with Crippen molar-refractivity contribution in [1.29, 1.82) is 0 Å². The van der Waals surface area contributed by atoms with Crippen molar-refractivity contribution in [1.82, 2.24) is 9.80 Å². The lowest BCUT2D eigenvalue weighted by atomic mass is 10.3. The van der Waals surface area contributed by atoms with Crippen molar-refractivity contribution in [3.05, 3.63) is 28.2 Å². The zero-order valence-corrected chi connectivity index (χ0v) is 14.7. The molecule has 4 nitrogen and oxygen atoms in total. The van der Waals surface area contributed by atoms with E-state index in [1.165, 1.54) is 25.0 Å². The van der Waals surface area contributed by atoms with Gasteiger partial charge in [-0.25, -0.2) is 8.42 Å². The van der Waals surface area contributed by atoms with Crippen LogP contribution in [0, 0.1) is 0 Å². The molecule has 122 valence electrons. The van der Waals surface area contributed by atoms with Crippen LogP contribution in [0.1, 0.15) is 12.8 Å². The normalized spacial score (nSPS) is 21.2. The first kappa shape index (κ1) is 16.5. The Balaban J connectivity index is 1.57. The lowest BCUT2D eigenvalue weighted by Gasteiger charge is -2.34. The quantitative estimate of drug-likeness (QED) is 0.806. The maximum atomic E-state index is 12.5. The lowest BCUT2D eigenvalue weighted by molar-refractivity contribution is 0.132. The molecule has 0 atom stereocenters. The van der Waals surface area contributed by atoms with Crippen LogP contribution in [0.5, 0.6) is 0 Å². The van der Waals surface area contributed by atoms with E-state index in [4.69, 9.17) is 23.2 Å². The SMILES string of the molecule is O=S(=O)(CCN1CCN(C2CC2)CC1)c1cc(Cl)ccc1Cl. The Hall–Kier alpha value is -0.330. The summed E-state index contributed by atoms with van der Waals surface area (Å²) in [5.41, 5.74) is 0. The number of hydrogen-bond donors (Lipinski definition) is 0.